The molecule has 2 N–H and O–H groups in total. The summed E-state index contributed by atoms with van der Waals surface area (Å²) >= 11 is 11.1. The first-order valence-electron chi connectivity index (χ1n) is 7.14. The summed E-state index contributed by atoms with van der Waals surface area (Å²) in [4.78, 5) is 7.27. The summed E-state index contributed by atoms with van der Waals surface area (Å²) in [6, 6.07) is 0.266. The molecule has 1 atom stereocenters. The molecule has 120 valence electrons. The molecule has 1 aromatic carbocycles. The Morgan fingerprint density at radius 1 is 1.09 bits per heavy atom. The van der Waals surface area contributed by atoms with Gasteiger partial charge in [-0.05, 0) is 72.6 Å². The van der Waals surface area contributed by atoms with E-state index in [2.05, 4.69) is 57.3 Å². The van der Waals surface area contributed by atoms with Gasteiger partial charge in [-0.3, -0.25) is 0 Å². The van der Waals surface area contributed by atoms with E-state index < -0.39 is 0 Å². The van der Waals surface area contributed by atoms with Gasteiger partial charge in [0.05, 0.1) is 9.99 Å². The molecule has 22 heavy (non-hydrogen) atoms. The van der Waals surface area contributed by atoms with Gasteiger partial charge < -0.3 is 15.2 Å². The number of hydrogen-bond acceptors (Lipinski definition) is 3. The molecule has 4 rings (SSSR count). The van der Waals surface area contributed by atoms with Crippen molar-refractivity contribution in [2.24, 2.45) is 5.73 Å². The van der Waals surface area contributed by atoms with Crippen molar-refractivity contribution in [3.63, 3.8) is 0 Å². The largest absolute Gasteiger partial charge is 0.341 e. The third-order valence-corrected chi connectivity index (χ3v) is 7.91. The van der Waals surface area contributed by atoms with Gasteiger partial charge in [-0.15, -0.1) is 12.4 Å². The third-order valence-electron chi connectivity index (χ3n) is 4.41. The predicted molar refractivity (Wildman–Crippen MR) is 103 cm³/mol. The van der Waals surface area contributed by atoms with Gasteiger partial charge in [-0.1, -0.05) is 0 Å². The molecule has 0 radical (unpaired) electrons. The Kier molecular flexibility index (Phi) is 4.83. The fourth-order valence-corrected chi connectivity index (χ4v) is 5.15. The smallest absolute Gasteiger partial charge is 0.206 e. The zero-order chi connectivity index (χ0) is 14.7. The first-order valence-corrected chi connectivity index (χ1v) is 9.52. The summed E-state index contributed by atoms with van der Waals surface area (Å²) in [6.07, 6.45) is 3.29. The highest BCUT2D eigenvalue weighted by Crippen LogP contribution is 2.44. The fraction of sp³-hybridized carbons (Fsp3) is 0.500. The Morgan fingerprint density at radius 2 is 1.86 bits per heavy atom. The molecule has 1 fully saturated rings. The van der Waals surface area contributed by atoms with Crippen LogP contribution in [-0.2, 0) is 13.0 Å². The molecule has 3 heterocycles. The number of anilines is 1. The van der Waals surface area contributed by atoms with Crippen LogP contribution in [0.25, 0.3) is 11.0 Å². The van der Waals surface area contributed by atoms with Gasteiger partial charge in [0.15, 0.2) is 0 Å². The second kappa shape index (κ2) is 6.24. The van der Waals surface area contributed by atoms with Gasteiger partial charge in [-0.2, -0.15) is 0 Å². The fourth-order valence-electron chi connectivity index (χ4n) is 3.40. The molecule has 0 aliphatic carbocycles. The van der Waals surface area contributed by atoms with Crippen molar-refractivity contribution in [1.82, 2.24) is 9.55 Å². The number of benzene rings is 1. The van der Waals surface area contributed by atoms with Crippen LogP contribution in [0.4, 0.5) is 5.95 Å². The van der Waals surface area contributed by atoms with Crippen molar-refractivity contribution in [3.05, 3.63) is 19.0 Å². The molecular formula is C14H16Br3ClN4. The predicted octanol–water partition coefficient (Wildman–Crippen LogP) is 4.23. The van der Waals surface area contributed by atoms with E-state index in [0.29, 0.717) is 0 Å². The van der Waals surface area contributed by atoms with Gasteiger partial charge in [0.2, 0.25) is 5.95 Å². The molecule has 0 bridgehead atoms. The Labute approximate surface area is 160 Å². The zero-order valence-corrected chi connectivity index (χ0v) is 17.4. The van der Waals surface area contributed by atoms with Gasteiger partial charge in [0.1, 0.15) is 5.52 Å². The van der Waals surface area contributed by atoms with Crippen LogP contribution in [0.2, 0.25) is 0 Å². The number of imidazole rings is 1. The summed E-state index contributed by atoms with van der Waals surface area (Å²) in [5, 5.41) is 0. The molecule has 2 aromatic rings. The number of nitrogens with two attached hydrogens (primary N) is 1. The minimum atomic E-state index is 0. The molecule has 0 spiro atoms. The van der Waals surface area contributed by atoms with E-state index in [9.17, 15) is 0 Å². The van der Waals surface area contributed by atoms with E-state index in [1.807, 2.05) is 0 Å². The topological polar surface area (TPSA) is 47.1 Å². The Morgan fingerprint density at radius 3 is 2.55 bits per heavy atom. The summed E-state index contributed by atoms with van der Waals surface area (Å²) < 4.78 is 5.60. The van der Waals surface area contributed by atoms with E-state index >= 15 is 0 Å². The maximum atomic E-state index is 6.07. The monoisotopic (exact) mass is 512 g/mol. The zero-order valence-electron chi connectivity index (χ0n) is 11.8. The first kappa shape index (κ1) is 17.0. The maximum absolute atomic E-state index is 6.07. The molecule has 2 aliphatic rings. The quantitative estimate of drug-likeness (QED) is 0.579. The third kappa shape index (κ3) is 2.44. The number of aromatic nitrogens is 2. The lowest BCUT2D eigenvalue weighted by molar-refractivity contribution is 0.622. The number of hydrogen-bond donors (Lipinski definition) is 1. The van der Waals surface area contributed by atoms with Crippen molar-refractivity contribution in [2.45, 2.75) is 31.8 Å². The molecule has 1 saturated heterocycles. The van der Waals surface area contributed by atoms with Crippen molar-refractivity contribution in [2.75, 3.05) is 18.0 Å². The minimum absolute atomic E-state index is 0. The normalized spacial score (nSPS) is 20.5. The van der Waals surface area contributed by atoms with Crippen LogP contribution in [0.3, 0.4) is 0 Å². The lowest BCUT2D eigenvalue weighted by Gasteiger charge is -2.22. The minimum Gasteiger partial charge on any atom is -0.341 e. The van der Waals surface area contributed by atoms with Crippen LogP contribution >= 0.6 is 60.2 Å². The lowest BCUT2D eigenvalue weighted by Crippen LogP contribution is -2.28. The summed E-state index contributed by atoms with van der Waals surface area (Å²) in [5.41, 5.74) is 9.74. The standard InChI is InChI=1S/C14H15Br3N4.ClH/c15-9-8-2-1-4-21-13(8)12(11(17)10(9)16)19-14(21)20-5-3-7(18)6-20;/h7H,1-6,18H2;1H/t7-;/m0./s1. The molecule has 0 amide bonds. The maximum Gasteiger partial charge on any atom is 0.206 e. The van der Waals surface area contributed by atoms with Crippen LogP contribution in [0.1, 0.15) is 18.4 Å². The van der Waals surface area contributed by atoms with Gasteiger partial charge in [0.25, 0.3) is 0 Å². The highest BCUT2D eigenvalue weighted by atomic mass is 79.9. The average molecular weight is 515 g/mol. The van der Waals surface area contributed by atoms with Crippen molar-refractivity contribution >= 4 is 77.2 Å². The Balaban J connectivity index is 0.00000144. The molecule has 0 unspecified atom stereocenters. The molecular weight excluding hydrogens is 499 g/mol. The SMILES string of the molecule is Cl.N[C@H]1CCN(c2nc3c(Br)c(Br)c(Br)c4c3n2CCC4)C1. The van der Waals surface area contributed by atoms with Crippen LogP contribution in [0.5, 0.6) is 0 Å². The van der Waals surface area contributed by atoms with Crippen molar-refractivity contribution < 1.29 is 0 Å². The molecule has 4 nitrogen and oxygen atoms in total. The number of nitrogens with zero attached hydrogens (tertiary/aromatic N) is 3. The van der Waals surface area contributed by atoms with E-state index in [1.54, 1.807) is 0 Å². The van der Waals surface area contributed by atoms with E-state index in [-0.39, 0.29) is 18.4 Å². The van der Waals surface area contributed by atoms with Crippen LogP contribution in [0, 0.1) is 0 Å². The van der Waals surface area contributed by atoms with E-state index in [1.165, 1.54) is 11.1 Å². The van der Waals surface area contributed by atoms with Crippen LogP contribution < -0.4 is 10.6 Å². The van der Waals surface area contributed by atoms with Crippen molar-refractivity contribution in [3.8, 4) is 0 Å². The summed E-state index contributed by atoms with van der Waals surface area (Å²) in [6.45, 7) is 2.93. The number of aryl methyl sites for hydroxylation is 2. The van der Waals surface area contributed by atoms with Crippen LogP contribution in [0.15, 0.2) is 13.4 Å². The highest BCUT2D eigenvalue weighted by Gasteiger charge is 2.29. The molecule has 0 saturated carbocycles. The first-order chi connectivity index (χ1) is 10.1. The second-order valence-electron chi connectivity index (χ2n) is 5.78. The summed E-state index contributed by atoms with van der Waals surface area (Å²) in [5.74, 6) is 1.07. The average Bonchev–Trinajstić information content (AvgIpc) is 3.07. The van der Waals surface area contributed by atoms with E-state index in [4.69, 9.17) is 10.7 Å². The number of rotatable bonds is 1. The highest BCUT2D eigenvalue weighted by molar-refractivity contribution is 9.14. The Bertz CT molecular complexity index is 746. The van der Waals surface area contributed by atoms with Crippen LogP contribution in [-0.4, -0.2) is 28.7 Å². The molecule has 8 heteroatoms. The number of halogens is 4. The Hall–Kier alpha value is 0.180. The summed E-state index contributed by atoms with van der Waals surface area (Å²) in [7, 11) is 0. The molecule has 1 aromatic heterocycles. The van der Waals surface area contributed by atoms with Gasteiger partial charge in [0, 0.05) is 34.6 Å². The van der Waals surface area contributed by atoms with Gasteiger partial charge in [-0.25, -0.2) is 4.98 Å². The molecule has 2 aliphatic heterocycles. The second-order valence-corrected chi connectivity index (χ2v) is 8.16. The van der Waals surface area contributed by atoms with E-state index in [0.717, 1.165) is 63.8 Å². The lowest BCUT2D eigenvalue weighted by atomic mass is 10.0. The van der Waals surface area contributed by atoms with Crippen molar-refractivity contribution in [1.29, 1.82) is 0 Å². The van der Waals surface area contributed by atoms with Gasteiger partial charge >= 0.3 is 0 Å².